The Bertz CT molecular complexity index is 331. The van der Waals surface area contributed by atoms with E-state index in [1.54, 1.807) is 0 Å². The van der Waals surface area contributed by atoms with Crippen LogP contribution in [0.1, 0.15) is 37.7 Å². The molecule has 0 atom stereocenters. The van der Waals surface area contributed by atoms with Gasteiger partial charge in [0.25, 0.3) is 0 Å². The second-order valence-corrected chi connectivity index (χ2v) is 4.43. The number of hydrogen-bond acceptors (Lipinski definition) is 3. The Hall–Kier alpha value is -0.960. The minimum atomic E-state index is 0.249. The van der Waals surface area contributed by atoms with Crippen LogP contribution in [0.15, 0.2) is 12.3 Å². The summed E-state index contributed by atoms with van der Waals surface area (Å²) in [6, 6.07) is 2.03. The van der Waals surface area contributed by atoms with Gasteiger partial charge in [0, 0.05) is 23.9 Å². The average Bonchev–Trinajstić information content (AvgIpc) is 3.01. The molecule has 3 nitrogen and oxygen atoms in total. The van der Waals surface area contributed by atoms with Crippen LogP contribution in [-0.4, -0.2) is 23.6 Å². The van der Waals surface area contributed by atoms with Gasteiger partial charge in [0.05, 0.1) is 0 Å². The molecule has 1 fully saturated rings. The molecule has 1 aromatic rings. The number of rotatable bonds is 5. The van der Waals surface area contributed by atoms with Crippen LogP contribution in [0.5, 0.6) is 0 Å². The molecular formula is C12H19N3. The monoisotopic (exact) mass is 205 g/mol. The fourth-order valence-corrected chi connectivity index (χ4v) is 2.02. The standard InChI is InChI=1S/C12H19N3/c1-3-4-10-5-8-14-11(15-10)12(6-7-12)9-13-2/h5,8,13H,3-4,6-7,9H2,1-2H3. The minimum absolute atomic E-state index is 0.249. The Morgan fingerprint density at radius 2 is 2.27 bits per heavy atom. The van der Waals surface area contributed by atoms with Crippen LogP contribution in [-0.2, 0) is 11.8 Å². The average molecular weight is 205 g/mol. The van der Waals surface area contributed by atoms with Crippen molar-refractivity contribution in [2.45, 2.75) is 38.0 Å². The molecule has 1 aliphatic carbocycles. The minimum Gasteiger partial charge on any atom is -0.319 e. The van der Waals surface area contributed by atoms with E-state index in [2.05, 4.69) is 22.2 Å². The second-order valence-electron chi connectivity index (χ2n) is 4.43. The topological polar surface area (TPSA) is 37.8 Å². The third-order valence-electron chi connectivity index (χ3n) is 3.06. The smallest absolute Gasteiger partial charge is 0.135 e. The van der Waals surface area contributed by atoms with E-state index in [0.29, 0.717) is 0 Å². The predicted octanol–water partition coefficient (Wildman–Crippen LogP) is 1.68. The highest BCUT2D eigenvalue weighted by Gasteiger charge is 2.46. The van der Waals surface area contributed by atoms with Crippen LogP contribution in [0.25, 0.3) is 0 Å². The predicted molar refractivity (Wildman–Crippen MR) is 60.9 cm³/mol. The zero-order chi connectivity index (χ0) is 10.7. The van der Waals surface area contributed by atoms with Gasteiger partial charge in [-0.2, -0.15) is 0 Å². The van der Waals surface area contributed by atoms with Crippen molar-refractivity contribution >= 4 is 0 Å². The molecule has 0 radical (unpaired) electrons. The van der Waals surface area contributed by atoms with Gasteiger partial charge in [0.15, 0.2) is 0 Å². The molecule has 1 heterocycles. The van der Waals surface area contributed by atoms with Crippen molar-refractivity contribution in [2.75, 3.05) is 13.6 Å². The third-order valence-corrected chi connectivity index (χ3v) is 3.06. The molecule has 2 rings (SSSR count). The van der Waals surface area contributed by atoms with Crippen molar-refractivity contribution in [1.82, 2.24) is 15.3 Å². The number of nitrogens with one attached hydrogen (secondary N) is 1. The van der Waals surface area contributed by atoms with Crippen LogP contribution in [0.3, 0.4) is 0 Å². The Labute approximate surface area is 91.3 Å². The van der Waals surface area contributed by atoms with E-state index in [-0.39, 0.29) is 5.41 Å². The zero-order valence-electron chi connectivity index (χ0n) is 9.58. The molecule has 3 heteroatoms. The molecule has 0 aromatic carbocycles. The van der Waals surface area contributed by atoms with Gasteiger partial charge in [0.2, 0.25) is 0 Å². The SMILES string of the molecule is CCCc1ccnc(C2(CNC)CC2)n1. The van der Waals surface area contributed by atoms with Crippen molar-refractivity contribution in [1.29, 1.82) is 0 Å². The summed E-state index contributed by atoms with van der Waals surface area (Å²) in [5.74, 6) is 1.04. The lowest BCUT2D eigenvalue weighted by atomic mass is 10.1. The van der Waals surface area contributed by atoms with Gasteiger partial charge in [0.1, 0.15) is 5.82 Å². The Morgan fingerprint density at radius 3 is 2.87 bits per heavy atom. The number of likely N-dealkylation sites (N-methyl/N-ethyl adjacent to an activating group) is 1. The molecule has 1 saturated carbocycles. The maximum atomic E-state index is 4.66. The molecule has 1 N–H and O–H groups in total. The van der Waals surface area contributed by atoms with E-state index in [1.165, 1.54) is 18.5 Å². The van der Waals surface area contributed by atoms with Crippen LogP contribution >= 0.6 is 0 Å². The Balaban J connectivity index is 2.17. The summed E-state index contributed by atoms with van der Waals surface area (Å²) >= 11 is 0. The molecule has 0 spiro atoms. The van der Waals surface area contributed by atoms with E-state index >= 15 is 0 Å². The molecule has 0 aliphatic heterocycles. The van der Waals surface area contributed by atoms with Gasteiger partial charge in [-0.15, -0.1) is 0 Å². The highest BCUT2D eigenvalue weighted by atomic mass is 15.0. The Kier molecular flexibility index (Phi) is 3.00. The first-order valence-electron chi connectivity index (χ1n) is 5.78. The summed E-state index contributed by atoms with van der Waals surface area (Å²) in [5, 5.41) is 3.24. The fourth-order valence-electron chi connectivity index (χ4n) is 2.02. The highest BCUT2D eigenvalue weighted by Crippen LogP contribution is 2.45. The van der Waals surface area contributed by atoms with Gasteiger partial charge >= 0.3 is 0 Å². The fraction of sp³-hybridized carbons (Fsp3) is 0.667. The molecular weight excluding hydrogens is 186 g/mol. The molecule has 0 bridgehead atoms. The van der Waals surface area contributed by atoms with Crippen LogP contribution in [0.4, 0.5) is 0 Å². The molecule has 1 aromatic heterocycles. The lowest BCUT2D eigenvalue weighted by molar-refractivity contribution is 0.583. The summed E-state index contributed by atoms with van der Waals surface area (Å²) in [6.45, 7) is 3.19. The first-order valence-corrected chi connectivity index (χ1v) is 5.78. The quantitative estimate of drug-likeness (QED) is 0.794. The van der Waals surface area contributed by atoms with Crippen LogP contribution in [0, 0.1) is 0 Å². The molecule has 0 saturated heterocycles. The van der Waals surface area contributed by atoms with Crippen molar-refractivity contribution in [3.05, 3.63) is 23.8 Å². The molecule has 1 aliphatic rings. The number of nitrogens with zero attached hydrogens (tertiary/aromatic N) is 2. The van der Waals surface area contributed by atoms with Crippen molar-refractivity contribution in [3.8, 4) is 0 Å². The van der Waals surface area contributed by atoms with Gasteiger partial charge < -0.3 is 5.32 Å². The number of aryl methyl sites for hydroxylation is 1. The zero-order valence-corrected chi connectivity index (χ0v) is 9.58. The van der Waals surface area contributed by atoms with Gasteiger partial charge in [-0.1, -0.05) is 13.3 Å². The summed E-state index contributed by atoms with van der Waals surface area (Å²) in [6.07, 6.45) is 6.57. The molecule has 0 amide bonds. The van der Waals surface area contributed by atoms with E-state index in [0.717, 1.165) is 25.2 Å². The van der Waals surface area contributed by atoms with Crippen molar-refractivity contribution < 1.29 is 0 Å². The Morgan fingerprint density at radius 1 is 1.47 bits per heavy atom. The van der Waals surface area contributed by atoms with Gasteiger partial charge in [-0.25, -0.2) is 9.97 Å². The van der Waals surface area contributed by atoms with E-state index in [4.69, 9.17) is 0 Å². The first-order chi connectivity index (χ1) is 7.30. The summed E-state index contributed by atoms with van der Waals surface area (Å²) in [7, 11) is 2.00. The lowest BCUT2D eigenvalue weighted by Crippen LogP contribution is -2.25. The lowest BCUT2D eigenvalue weighted by Gasteiger charge is -2.13. The van der Waals surface area contributed by atoms with Crippen LogP contribution in [0.2, 0.25) is 0 Å². The first kappa shape index (κ1) is 10.6. The molecule has 0 unspecified atom stereocenters. The summed E-state index contributed by atoms with van der Waals surface area (Å²) < 4.78 is 0. The van der Waals surface area contributed by atoms with E-state index in [9.17, 15) is 0 Å². The van der Waals surface area contributed by atoms with E-state index in [1.807, 2.05) is 19.3 Å². The summed E-state index contributed by atoms with van der Waals surface area (Å²) in [5.41, 5.74) is 1.43. The van der Waals surface area contributed by atoms with Crippen molar-refractivity contribution in [3.63, 3.8) is 0 Å². The van der Waals surface area contributed by atoms with Crippen molar-refractivity contribution in [2.24, 2.45) is 0 Å². The normalized spacial score (nSPS) is 17.7. The maximum absolute atomic E-state index is 4.66. The van der Waals surface area contributed by atoms with E-state index < -0.39 is 0 Å². The largest absolute Gasteiger partial charge is 0.319 e. The van der Waals surface area contributed by atoms with Gasteiger partial charge in [-0.05, 0) is 32.4 Å². The summed E-state index contributed by atoms with van der Waals surface area (Å²) in [4.78, 5) is 9.09. The second kappa shape index (κ2) is 4.27. The third kappa shape index (κ3) is 2.17. The number of aromatic nitrogens is 2. The number of hydrogen-bond donors (Lipinski definition) is 1. The van der Waals surface area contributed by atoms with Gasteiger partial charge in [-0.3, -0.25) is 0 Å². The molecule has 15 heavy (non-hydrogen) atoms. The maximum Gasteiger partial charge on any atom is 0.135 e. The molecule has 82 valence electrons. The highest BCUT2D eigenvalue weighted by molar-refractivity contribution is 5.20. The van der Waals surface area contributed by atoms with Crippen LogP contribution < -0.4 is 5.32 Å².